The summed E-state index contributed by atoms with van der Waals surface area (Å²) in [6, 6.07) is 6.55. The van der Waals surface area contributed by atoms with E-state index in [4.69, 9.17) is 14.7 Å². The number of amides is 1. The lowest BCUT2D eigenvalue weighted by Crippen LogP contribution is -2.52. The van der Waals surface area contributed by atoms with Gasteiger partial charge in [0.15, 0.2) is 0 Å². The molecule has 1 aromatic carbocycles. The number of aromatic amines is 1. The second kappa shape index (κ2) is 9.92. The van der Waals surface area contributed by atoms with Crippen LogP contribution in [0.1, 0.15) is 42.5 Å². The summed E-state index contributed by atoms with van der Waals surface area (Å²) in [5, 5.41) is 7.50. The fourth-order valence-electron chi connectivity index (χ4n) is 5.04. The van der Waals surface area contributed by atoms with Gasteiger partial charge in [0.05, 0.1) is 17.8 Å². The molecule has 10 heteroatoms. The van der Waals surface area contributed by atoms with E-state index in [-0.39, 0.29) is 5.91 Å². The van der Waals surface area contributed by atoms with E-state index in [0.29, 0.717) is 18.5 Å². The van der Waals surface area contributed by atoms with Crippen LogP contribution in [0.2, 0.25) is 0 Å². The number of H-pyrrole nitrogens is 1. The number of piperazine rings is 1. The first kappa shape index (κ1) is 22.5. The van der Waals surface area contributed by atoms with Gasteiger partial charge in [-0.15, -0.1) is 0 Å². The Morgan fingerprint density at radius 1 is 1.12 bits per heavy atom. The third-order valence-corrected chi connectivity index (χ3v) is 6.87. The molecule has 4 heterocycles. The normalized spacial score (nSPS) is 19.9. The van der Waals surface area contributed by atoms with E-state index in [9.17, 15) is 4.79 Å². The summed E-state index contributed by atoms with van der Waals surface area (Å²) in [5.41, 5.74) is 1.94. The largest absolute Gasteiger partial charge is 0.494 e. The van der Waals surface area contributed by atoms with E-state index < -0.39 is 0 Å². The number of hydrogen-bond donors (Lipinski definition) is 1. The van der Waals surface area contributed by atoms with Gasteiger partial charge in [-0.05, 0) is 51.3 Å². The zero-order valence-corrected chi connectivity index (χ0v) is 19.9. The lowest BCUT2D eigenvalue weighted by atomic mass is 10.1. The Morgan fingerprint density at radius 3 is 2.74 bits per heavy atom. The second-order valence-electron chi connectivity index (χ2n) is 8.96. The minimum Gasteiger partial charge on any atom is -0.494 e. The summed E-state index contributed by atoms with van der Waals surface area (Å²) in [6.45, 7) is 9.78. The first-order valence-electron chi connectivity index (χ1n) is 12.2. The van der Waals surface area contributed by atoms with Crippen molar-refractivity contribution >= 4 is 22.8 Å². The molecule has 0 radical (unpaired) electrons. The third kappa shape index (κ3) is 4.68. The lowest BCUT2D eigenvalue weighted by molar-refractivity contribution is 0.0545. The molecule has 34 heavy (non-hydrogen) atoms. The summed E-state index contributed by atoms with van der Waals surface area (Å²) < 4.78 is 5.64. The van der Waals surface area contributed by atoms with Crippen molar-refractivity contribution in [3.05, 3.63) is 36.0 Å². The molecule has 2 aliphatic rings. The number of fused-ring (bicyclic) bond motifs is 1. The monoisotopic (exact) mass is 464 g/mol. The van der Waals surface area contributed by atoms with Crippen molar-refractivity contribution in [3.63, 3.8) is 0 Å². The summed E-state index contributed by atoms with van der Waals surface area (Å²) in [5.74, 6) is 1.92. The smallest absolute Gasteiger partial charge is 0.291 e. The van der Waals surface area contributed by atoms with Gasteiger partial charge >= 0.3 is 0 Å². The number of benzene rings is 1. The zero-order chi connectivity index (χ0) is 23.5. The molecule has 0 aliphatic carbocycles. The second-order valence-corrected chi connectivity index (χ2v) is 8.96. The van der Waals surface area contributed by atoms with E-state index in [1.54, 1.807) is 0 Å². The Hall–Kier alpha value is -3.27. The molecule has 10 nitrogen and oxygen atoms in total. The third-order valence-electron chi connectivity index (χ3n) is 6.87. The summed E-state index contributed by atoms with van der Waals surface area (Å²) in [7, 11) is 0. The van der Waals surface area contributed by atoms with Crippen molar-refractivity contribution < 1.29 is 9.53 Å². The number of ether oxygens (including phenoxy) is 1. The van der Waals surface area contributed by atoms with Gasteiger partial charge in [-0.25, -0.2) is 15.0 Å². The van der Waals surface area contributed by atoms with Crippen LogP contribution in [-0.4, -0.2) is 92.8 Å². The fourth-order valence-corrected chi connectivity index (χ4v) is 5.04. The highest BCUT2D eigenvalue weighted by molar-refractivity contribution is 5.90. The van der Waals surface area contributed by atoms with Crippen molar-refractivity contribution in [3.8, 4) is 5.75 Å². The van der Waals surface area contributed by atoms with E-state index in [2.05, 4.69) is 25.0 Å². The molecule has 1 amide bonds. The highest BCUT2D eigenvalue weighted by atomic mass is 16.5. The van der Waals surface area contributed by atoms with Crippen molar-refractivity contribution in [2.24, 2.45) is 0 Å². The van der Waals surface area contributed by atoms with Crippen molar-refractivity contribution in [2.45, 2.75) is 39.2 Å². The molecule has 1 atom stereocenters. The number of aryl methyl sites for hydroxylation is 1. The van der Waals surface area contributed by atoms with Gasteiger partial charge in [0.2, 0.25) is 11.8 Å². The molecule has 0 spiro atoms. The molecule has 2 fully saturated rings. The van der Waals surface area contributed by atoms with Crippen molar-refractivity contribution in [1.29, 1.82) is 0 Å². The van der Waals surface area contributed by atoms with Crippen LogP contribution in [0.5, 0.6) is 5.75 Å². The molecule has 0 bridgehead atoms. The van der Waals surface area contributed by atoms with Crippen LogP contribution in [0.4, 0.5) is 5.95 Å². The summed E-state index contributed by atoms with van der Waals surface area (Å²) in [6.07, 6.45) is 4.70. The van der Waals surface area contributed by atoms with Crippen LogP contribution in [-0.2, 0) is 0 Å². The molecule has 3 aromatic rings. The number of aromatic nitrogens is 5. The van der Waals surface area contributed by atoms with Crippen LogP contribution in [0, 0.1) is 6.92 Å². The topological polar surface area (TPSA) is 103 Å². The molecule has 5 rings (SSSR count). The molecule has 0 saturated carbocycles. The number of rotatable bonds is 5. The maximum atomic E-state index is 12.5. The van der Waals surface area contributed by atoms with Gasteiger partial charge < -0.3 is 14.5 Å². The van der Waals surface area contributed by atoms with Crippen molar-refractivity contribution in [1.82, 2.24) is 34.9 Å². The minimum absolute atomic E-state index is 0.0682. The average molecular weight is 465 g/mol. The van der Waals surface area contributed by atoms with Gasteiger partial charge in [0, 0.05) is 50.7 Å². The van der Waals surface area contributed by atoms with Crippen LogP contribution >= 0.6 is 0 Å². The lowest BCUT2D eigenvalue weighted by Gasteiger charge is -2.38. The Labute approximate surface area is 199 Å². The van der Waals surface area contributed by atoms with E-state index in [1.807, 2.05) is 36.9 Å². The Balaban J connectivity index is 1.21. The first-order valence-corrected chi connectivity index (χ1v) is 12.2. The molecule has 2 saturated heterocycles. The number of carbonyl (C=O) groups is 1. The molecular weight excluding hydrogens is 432 g/mol. The Bertz CT molecular complexity index is 1130. The summed E-state index contributed by atoms with van der Waals surface area (Å²) >= 11 is 0. The average Bonchev–Trinajstić information content (AvgIpc) is 3.29. The van der Waals surface area contributed by atoms with E-state index >= 15 is 0 Å². The fraction of sp³-hybridized carbons (Fsp3) is 0.542. The molecule has 1 N–H and O–H groups in total. The van der Waals surface area contributed by atoms with Gasteiger partial charge in [-0.3, -0.25) is 14.8 Å². The van der Waals surface area contributed by atoms with Crippen LogP contribution < -0.4 is 9.64 Å². The maximum absolute atomic E-state index is 12.5. The predicted molar refractivity (Wildman–Crippen MR) is 129 cm³/mol. The highest BCUT2D eigenvalue weighted by Crippen LogP contribution is 2.26. The predicted octanol–water partition coefficient (Wildman–Crippen LogP) is 2.27. The van der Waals surface area contributed by atoms with Gasteiger partial charge in [0.25, 0.3) is 5.91 Å². The van der Waals surface area contributed by atoms with E-state index in [0.717, 1.165) is 86.8 Å². The van der Waals surface area contributed by atoms with Crippen LogP contribution in [0.15, 0.2) is 24.5 Å². The summed E-state index contributed by atoms with van der Waals surface area (Å²) in [4.78, 5) is 33.0. The van der Waals surface area contributed by atoms with E-state index in [1.165, 1.54) is 6.33 Å². The number of anilines is 1. The molecule has 1 unspecified atom stereocenters. The van der Waals surface area contributed by atoms with Crippen LogP contribution in [0.25, 0.3) is 10.9 Å². The van der Waals surface area contributed by atoms with Gasteiger partial charge in [-0.2, -0.15) is 5.10 Å². The quantitative estimate of drug-likeness (QED) is 0.613. The van der Waals surface area contributed by atoms with Crippen molar-refractivity contribution in [2.75, 3.05) is 50.8 Å². The maximum Gasteiger partial charge on any atom is 0.291 e. The van der Waals surface area contributed by atoms with Crippen LogP contribution in [0.3, 0.4) is 0 Å². The molecular formula is C24H32N8O2. The first-order chi connectivity index (χ1) is 16.6. The number of hydrogen-bond acceptors (Lipinski definition) is 8. The standard InChI is InChI=1S/C24H32N8O2/c1-3-34-19-6-7-21-20(15-19)17(2)27-24(28-21)32-9-4-5-18(8-10-32)30-11-13-31(14-12-30)23(33)22-25-16-26-29-22/h6-7,15-16,18H,3-5,8-14H2,1-2H3,(H,25,26,29). The van der Waals surface area contributed by atoms with Gasteiger partial charge in [-0.1, -0.05) is 0 Å². The number of nitrogens with zero attached hydrogens (tertiary/aromatic N) is 7. The van der Waals surface area contributed by atoms with Gasteiger partial charge in [0.1, 0.15) is 12.1 Å². The highest BCUT2D eigenvalue weighted by Gasteiger charge is 2.29. The molecule has 2 aromatic heterocycles. The number of nitrogens with one attached hydrogen (secondary N) is 1. The Kier molecular flexibility index (Phi) is 6.57. The minimum atomic E-state index is -0.0682. The molecule has 2 aliphatic heterocycles. The SMILES string of the molecule is CCOc1ccc2nc(N3CCCC(N4CCN(C(=O)c5ncn[nH]5)CC4)CC3)nc(C)c2c1. The molecule has 180 valence electrons. The Morgan fingerprint density at radius 2 is 1.97 bits per heavy atom. The zero-order valence-electron chi connectivity index (χ0n) is 19.9. The number of carbonyl (C=O) groups excluding carboxylic acids is 1.